The van der Waals surface area contributed by atoms with Gasteiger partial charge in [-0.1, -0.05) is 51.1 Å². The van der Waals surface area contributed by atoms with Crippen molar-refractivity contribution in [2.45, 2.75) is 33.6 Å². The number of hydrogen-bond acceptors (Lipinski definition) is 5. The third-order valence-corrected chi connectivity index (χ3v) is 5.45. The van der Waals surface area contributed by atoms with E-state index in [4.69, 9.17) is 9.47 Å². The van der Waals surface area contributed by atoms with Crippen molar-refractivity contribution in [2.75, 3.05) is 27.3 Å². The van der Waals surface area contributed by atoms with E-state index in [2.05, 4.69) is 41.6 Å². The second-order valence-corrected chi connectivity index (χ2v) is 8.50. The van der Waals surface area contributed by atoms with Gasteiger partial charge >= 0.3 is 11.9 Å². The number of carbonyl (C=O) groups excluding carboxylic acids is 2. The molecule has 5 nitrogen and oxygen atoms in total. The van der Waals surface area contributed by atoms with E-state index >= 15 is 0 Å². The van der Waals surface area contributed by atoms with Crippen LogP contribution in [0.1, 0.15) is 39.2 Å². The molecule has 28 heavy (non-hydrogen) atoms. The summed E-state index contributed by atoms with van der Waals surface area (Å²) in [7, 11) is 2.54. The van der Waals surface area contributed by atoms with E-state index in [1.807, 2.05) is 30.3 Å². The van der Waals surface area contributed by atoms with Crippen LogP contribution in [0.2, 0.25) is 0 Å². The first kappa shape index (κ1) is 22.2. The zero-order chi connectivity index (χ0) is 20.9. The van der Waals surface area contributed by atoms with E-state index in [1.165, 1.54) is 14.2 Å². The predicted molar refractivity (Wildman–Crippen MR) is 114 cm³/mol. The molecule has 0 saturated carbocycles. The first-order valence-electron chi connectivity index (χ1n) is 9.34. The molecular formula is C22H28BrNO4. The van der Waals surface area contributed by atoms with Gasteiger partial charge < -0.3 is 14.4 Å². The minimum absolute atomic E-state index is 0.0866. The van der Waals surface area contributed by atoms with Crippen LogP contribution in [0.25, 0.3) is 5.57 Å². The maximum Gasteiger partial charge on any atom is 0.347 e. The quantitative estimate of drug-likeness (QED) is 0.217. The molecular weight excluding hydrogens is 422 g/mol. The highest BCUT2D eigenvalue weighted by Gasteiger charge is 2.34. The normalized spacial score (nSPS) is 15.0. The first-order chi connectivity index (χ1) is 13.2. The van der Waals surface area contributed by atoms with E-state index < -0.39 is 11.9 Å². The Kier molecular flexibility index (Phi) is 7.47. The van der Waals surface area contributed by atoms with Crippen LogP contribution in [0.15, 0.2) is 46.1 Å². The summed E-state index contributed by atoms with van der Waals surface area (Å²) in [6, 6.07) is 9.96. The molecule has 1 aromatic carbocycles. The molecule has 1 fully saturated rings. The molecule has 1 saturated heterocycles. The van der Waals surface area contributed by atoms with Crippen LogP contribution in [0.5, 0.6) is 0 Å². The number of esters is 2. The van der Waals surface area contributed by atoms with Gasteiger partial charge in [0.25, 0.3) is 0 Å². The number of methoxy groups -OCH3 is 2. The zero-order valence-corrected chi connectivity index (χ0v) is 18.8. The molecule has 0 unspecified atom stereocenters. The molecule has 0 radical (unpaired) electrons. The van der Waals surface area contributed by atoms with Crippen molar-refractivity contribution in [3.8, 4) is 0 Å². The molecule has 152 valence electrons. The fraction of sp³-hybridized carbons (Fsp3) is 0.455. The van der Waals surface area contributed by atoms with Gasteiger partial charge in [0.2, 0.25) is 0 Å². The lowest BCUT2D eigenvalue weighted by Crippen LogP contribution is -2.28. The lowest BCUT2D eigenvalue weighted by molar-refractivity contribution is -0.144. The summed E-state index contributed by atoms with van der Waals surface area (Å²) in [4.78, 5) is 27.2. The number of allylic oxidation sites excluding steroid dienone is 2. The monoisotopic (exact) mass is 449 g/mol. The molecule has 0 atom stereocenters. The summed E-state index contributed by atoms with van der Waals surface area (Å²) in [6.07, 6.45) is 1.99. The van der Waals surface area contributed by atoms with Crippen molar-refractivity contribution in [3.63, 3.8) is 0 Å². The van der Waals surface area contributed by atoms with Crippen molar-refractivity contribution < 1.29 is 19.1 Å². The van der Waals surface area contributed by atoms with Crippen LogP contribution in [-0.2, 0) is 19.1 Å². The third kappa shape index (κ3) is 4.85. The Hall–Kier alpha value is -2.08. The predicted octanol–water partition coefficient (Wildman–Crippen LogP) is 4.53. The Morgan fingerprint density at radius 2 is 1.46 bits per heavy atom. The summed E-state index contributed by atoms with van der Waals surface area (Å²) < 4.78 is 10.6. The second-order valence-electron chi connectivity index (χ2n) is 7.71. The van der Waals surface area contributed by atoms with Crippen molar-refractivity contribution in [3.05, 3.63) is 51.6 Å². The lowest BCUT2D eigenvalue weighted by Gasteiger charge is -2.30. The van der Waals surface area contributed by atoms with Crippen LogP contribution in [0, 0.1) is 5.41 Å². The molecule has 0 aromatic heterocycles. The van der Waals surface area contributed by atoms with Crippen molar-refractivity contribution in [1.29, 1.82) is 0 Å². The molecule has 6 heteroatoms. The lowest BCUT2D eigenvalue weighted by atomic mass is 9.81. The smallest absolute Gasteiger partial charge is 0.347 e. The molecule has 1 heterocycles. The Balaban J connectivity index is 2.87. The van der Waals surface area contributed by atoms with Gasteiger partial charge in [0.1, 0.15) is 0 Å². The summed E-state index contributed by atoms with van der Waals surface area (Å²) in [5.74, 6) is -1.40. The van der Waals surface area contributed by atoms with E-state index in [9.17, 15) is 9.59 Å². The number of hydrogen-bond donors (Lipinski definition) is 0. The van der Waals surface area contributed by atoms with E-state index in [0.29, 0.717) is 10.2 Å². The van der Waals surface area contributed by atoms with Gasteiger partial charge in [-0.15, -0.1) is 0 Å². The van der Waals surface area contributed by atoms with E-state index in [-0.39, 0.29) is 11.0 Å². The summed E-state index contributed by atoms with van der Waals surface area (Å²) >= 11 is 3.75. The first-order valence-corrected chi connectivity index (χ1v) is 10.1. The van der Waals surface area contributed by atoms with Gasteiger partial charge in [0.15, 0.2) is 5.57 Å². The second kappa shape index (κ2) is 9.41. The molecule has 1 aromatic rings. The number of halogens is 1. The average Bonchev–Trinajstić information content (AvgIpc) is 3.18. The highest BCUT2D eigenvalue weighted by atomic mass is 79.9. The fourth-order valence-electron chi connectivity index (χ4n) is 3.44. The SMILES string of the molecule is COC(=O)C(C(=O)OC)=C(/C(Br)=C(/c1ccccc1)C(C)(C)C)N1CCCC1. The molecule has 0 amide bonds. The van der Waals surface area contributed by atoms with E-state index in [1.54, 1.807) is 0 Å². The van der Waals surface area contributed by atoms with Crippen molar-refractivity contribution >= 4 is 33.4 Å². The van der Waals surface area contributed by atoms with Crippen LogP contribution in [-0.4, -0.2) is 44.1 Å². The zero-order valence-electron chi connectivity index (χ0n) is 17.2. The van der Waals surface area contributed by atoms with Gasteiger partial charge in [-0.2, -0.15) is 0 Å². The maximum atomic E-state index is 12.6. The Morgan fingerprint density at radius 1 is 0.964 bits per heavy atom. The molecule has 1 aliphatic rings. The number of nitrogens with zero attached hydrogens (tertiary/aromatic N) is 1. The minimum Gasteiger partial charge on any atom is -0.465 e. The van der Waals surface area contributed by atoms with Crippen molar-refractivity contribution in [1.82, 2.24) is 4.90 Å². The molecule has 0 aliphatic carbocycles. The number of rotatable bonds is 5. The van der Waals surface area contributed by atoms with Gasteiger partial charge in [-0.25, -0.2) is 9.59 Å². The summed E-state index contributed by atoms with van der Waals surface area (Å²) in [5, 5.41) is 0. The summed E-state index contributed by atoms with van der Waals surface area (Å²) in [5.41, 5.74) is 2.22. The van der Waals surface area contributed by atoms with E-state index in [0.717, 1.165) is 37.1 Å². The summed E-state index contributed by atoms with van der Waals surface area (Å²) in [6.45, 7) is 7.83. The third-order valence-electron chi connectivity index (χ3n) is 4.68. The Morgan fingerprint density at radius 3 is 1.89 bits per heavy atom. The van der Waals surface area contributed by atoms with Crippen molar-refractivity contribution in [2.24, 2.45) is 5.41 Å². The molecule has 0 spiro atoms. The average molecular weight is 450 g/mol. The maximum absolute atomic E-state index is 12.6. The molecule has 0 bridgehead atoms. The van der Waals surface area contributed by atoms with Gasteiger partial charge in [0, 0.05) is 17.6 Å². The standard InChI is InChI=1S/C22H28BrNO4/c1-22(2,3)17(15-11-7-6-8-12-15)18(23)19(24-13-9-10-14-24)16(20(25)27-4)21(26)28-5/h6-8,11-12H,9-10,13-14H2,1-5H3/b18-17+. The molecule has 0 N–H and O–H groups in total. The Bertz CT molecular complexity index is 767. The number of likely N-dealkylation sites (tertiary alicyclic amines) is 1. The van der Waals surface area contributed by atoms with Crippen LogP contribution >= 0.6 is 15.9 Å². The topological polar surface area (TPSA) is 55.8 Å². The van der Waals surface area contributed by atoms with Gasteiger partial charge in [-0.3, -0.25) is 0 Å². The number of ether oxygens (including phenoxy) is 2. The van der Waals surface area contributed by atoms with Crippen LogP contribution in [0.3, 0.4) is 0 Å². The molecule has 1 aliphatic heterocycles. The number of benzene rings is 1. The fourth-order valence-corrected chi connectivity index (χ4v) is 4.71. The minimum atomic E-state index is -0.702. The number of carbonyl (C=O) groups is 2. The highest BCUT2D eigenvalue weighted by molar-refractivity contribution is 9.12. The van der Waals surface area contributed by atoms with Crippen LogP contribution < -0.4 is 0 Å². The largest absolute Gasteiger partial charge is 0.465 e. The van der Waals surface area contributed by atoms with Gasteiger partial charge in [0.05, 0.1) is 19.9 Å². The highest BCUT2D eigenvalue weighted by Crippen LogP contribution is 2.43. The van der Waals surface area contributed by atoms with Gasteiger partial charge in [-0.05, 0) is 45.3 Å². The Labute approximate surface area is 175 Å². The van der Waals surface area contributed by atoms with Crippen LogP contribution in [0.4, 0.5) is 0 Å². The molecule has 2 rings (SSSR count).